The lowest BCUT2D eigenvalue weighted by atomic mass is 10.0. The molecule has 0 aromatic heterocycles. The fourth-order valence-corrected chi connectivity index (χ4v) is 2.11. The normalized spacial score (nSPS) is 12.2. The third kappa shape index (κ3) is 4.64. The summed E-state index contributed by atoms with van der Waals surface area (Å²) in [5.74, 6) is -1.13. The van der Waals surface area contributed by atoms with E-state index in [0.29, 0.717) is 12.0 Å². The van der Waals surface area contributed by atoms with E-state index < -0.39 is 12.0 Å². The van der Waals surface area contributed by atoms with Gasteiger partial charge in [-0.25, -0.2) is 4.79 Å². The minimum atomic E-state index is -0.998. The summed E-state index contributed by atoms with van der Waals surface area (Å²) < 4.78 is 0.941. The van der Waals surface area contributed by atoms with E-state index in [2.05, 4.69) is 27.9 Å². The highest BCUT2D eigenvalue weighted by Gasteiger charge is 2.21. The molecule has 0 aliphatic rings. The average Bonchev–Trinajstić information content (AvgIpc) is 2.27. The quantitative estimate of drug-likeness (QED) is 0.793. The van der Waals surface area contributed by atoms with Crippen LogP contribution in [0.15, 0.2) is 24.3 Å². The zero-order valence-electron chi connectivity index (χ0n) is 10.3. The average molecular weight is 361 g/mol. The van der Waals surface area contributed by atoms with Gasteiger partial charge in [0.1, 0.15) is 6.04 Å². The molecule has 0 bridgehead atoms. The highest BCUT2D eigenvalue weighted by molar-refractivity contribution is 14.1. The number of carbonyl (C=O) groups is 2. The predicted octanol–water partition coefficient (Wildman–Crippen LogP) is 2.52. The minimum absolute atomic E-state index is 0.210. The van der Waals surface area contributed by atoms with Crippen molar-refractivity contribution in [1.82, 2.24) is 5.32 Å². The van der Waals surface area contributed by atoms with Crippen molar-refractivity contribution in [1.29, 1.82) is 0 Å². The number of benzene rings is 1. The van der Waals surface area contributed by atoms with Gasteiger partial charge in [0.05, 0.1) is 0 Å². The third-order valence-corrected chi connectivity index (χ3v) is 3.07. The minimum Gasteiger partial charge on any atom is -0.480 e. The van der Waals surface area contributed by atoms with Gasteiger partial charge in [0.15, 0.2) is 0 Å². The maximum atomic E-state index is 11.9. The Labute approximate surface area is 120 Å². The lowest BCUT2D eigenvalue weighted by Gasteiger charge is -2.16. The van der Waals surface area contributed by atoms with Crippen molar-refractivity contribution >= 4 is 34.5 Å². The molecule has 1 rings (SSSR count). The summed E-state index contributed by atoms with van der Waals surface area (Å²) >= 11 is 2.11. The van der Waals surface area contributed by atoms with Crippen molar-refractivity contribution < 1.29 is 14.7 Å². The van der Waals surface area contributed by atoms with Crippen LogP contribution in [0.1, 0.15) is 30.6 Å². The van der Waals surface area contributed by atoms with E-state index in [9.17, 15) is 9.59 Å². The van der Waals surface area contributed by atoms with Crippen molar-refractivity contribution in [2.24, 2.45) is 5.92 Å². The van der Waals surface area contributed by atoms with Crippen LogP contribution in [0.25, 0.3) is 0 Å². The molecule has 2 N–H and O–H groups in total. The van der Waals surface area contributed by atoms with Crippen LogP contribution >= 0.6 is 22.6 Å². The fourth-order valence-electron chi connectivity index (χ4n) is 1.56. The predicted molar refractivity (Wildman–Crippen MR) is 77.5 cm³/mol. The summed E-state index contributed by atoms with van der Waals surface area (Å²) in [7, 11) is 0. The van der Waals surface area contributed by atoms with Gasteiger partial charge in [-0.15, -0.1) is 0 Å². The highest BCUT2D eigenvalue weighted by atomic mass is 127. The number of rotatable bonds is 5. The van der Waals surface area contributed by atoms with Crippen LogP contribution in [0.5, 0.6) is 0 Å². The first-order chi connectivity index (χ1) is 8.40. The van der Waals surface area contributed by atoms with E-state index in [-0.39, 0.29) is 11.8 Å². The number of hydrogen-bond acceptors (Lipinski definition) is 2. The largest absolute Gasteiger partial charge is 0.480 e. The Morgan fingerprint density at radius 3 is 2.56 bits per heavy atom. The van der Waals surface area contributed by atoms with Gasteiger partial charge in [-0.05, 0) is 53.1 Å². The number of carbonyl (C=O) groups excluding carboxylic acids is 1. The highest BCUT2D eigenvalue weighted by Crippen LogP contribution is 2.10. The number of carboxylic acids is 1. The lowest BCUT2D eigenvalue weighted by Crippen LogP contribution is -2.41. The molecule has 1 aromatic rings. The molecule has 1 aromatic carbocycles. The summed E-state index contributed by atoms with van der Waals surface area (Å²) in [5, 5.41) is 11.6. The summed E-state index contributed by atoms with van der Waals surface area (Å²) in [6.07, 6.45) is 0.422. The molecular formula is C13H16INO3. The zero-order valence-corrected chi connectivity index (χ0v) is 12.5. The molecule has 0 fully saturated rings. The third-order valence-electron chi connectivity index (χ3n) is 2.40. The maximum absolute atomic E-state index is 11.9. The molecule has 0 saturated carbocycles. The molecule has 0 aliphatic heterocycles. The van der Waals surface area contributed by atoms with Crippen molar-refractivity contribution in [2.45, 2.75) is 26.3 Å². The van der Waals surface area contributed by atoms with E-state index in [4.69, 9.17) is 5.11 Å². The summed E-state index contributed by atoms with van der Waals surface area (Å²) in [4.78, 5) is 23.0. The van der Waals surface area contributed by atoms with E-state index in [1.165, 1.54) is 0 Å². The molecular weight excluding hydrogens is 345 g/mol. The van der Waals surface area contributed by atoms with Gasteiger partial charge < -0.3 is 10.4 Å². The second kappa shape index (κ2) is 6.72. The Kier molecular flexibility index (Phi) is 5.58. The van der Waals surface area contributed by atoms with Crippen LogP contribution in [0.4, 0.5) is 0 Å². The van der Waals surface area contributed by atoms with E-state index in [1.54, 1.807) is 18.2 Å². The van der Waals surface area contributed by atoms with Crippen LogP contribution < -0.4 is 5.32 Å². The van der Waals surface area contributed by atoms with Gasteiger partial charge in [-0.1, -0.05) is 19.9 Å². The molecule has 0 spiro atoms. The smallest absolute Gasteiger partial charge is 0.326 e. The number of nitrogens with one attached hydrogen (secondary N) is 1. The second-order valence-electron chi connectivity index (χ2n) is 4.50. The van der Waals surface area contributed by atoms with Crippen LogP contribution in [0, 0.1) is 9.49 Å². The Morgan fingerprint density at radius 2 is 2.06 bits per heavy atom. The van der Waals surface area contributed by atoms with Crippen molar-refractivity contribution in [2.75, 3.05) is 0 Å². The number of amides is 1. The Balaban J connectivity index is 2.75. The first-order valence-corrected chi connectivity index (χ1v) is 6.77. The van der Waals surface area contributed by atoms with E-state index >= 15 is 0 Å². The van der Waals surface area contributed by atoms with E-state index in [0.717, 1.165) is 3.57 Å². The van der Waals surface area contributed by atoms with Gasteiger partial charge in [0.2, 0.25) is 0 Å². The molecule has 1 atom stereocenters. The van der Waals surface area contributed by atoms with Gasteiger partial charge in [0, 0.05) is 9.13 Å². The molecule has 0 aliphatic carbocycles. The molecule has 98 valence electrons. The number of carboxylic acid groups (broad SMARTS) is 1. The van der Waals surface area contributed by atoms with Crippen molar-refractivity contribution in [3.8, 4) is 0 Å². The summed E-state index contributed by atoms with van der Waals surface area (Å²) in [6, 6.07) is 6.21. The standard InChI is InChI=1S/C13H16INO3/c1-8(2)6-11(13(17)18)15-12(16)9-4-3-5-10(14)7-9/h3-5,7-8,11H,6H2,1-2H3,(H,15,16)(H,17,18)/t11-/m0/s1. The molecule has 1 amide bonds. The first kappa shape index (κ1) is 14.9. The molecule has 0 unspecified atom stereocenters. The first-order valence-electron chi connectivity index (χ1n) is 5.69. The number of halogens is 1. The van der Waals surface area contributed by atoms with Crippen molar-refractivity contribution in [3.05, 3.63) is 33.4 Å². The topological polar surface area (TPSA) is 66.4 Å². The Bertz CT molecular complexity index is 446. The molecule has 0 heterocycles. The Hall–Kier alpha value is -1.11. The van der Waals surface area contributed by atoms with Gasteiger partial charge in [-0.3, -0.25) is 4.79 Å². The lowest BCUT2D eigenvalue weighted by molar-refractivity contribution is -0.139. The molecule has 4 nitrogen and oxygen atoms in total. The second-order valence-corrected chi connectivity index (χ2v) is 5.75. The van der Waals surface area contributed by atoms with Crippen molar-refractivity contribution in [3.63, 3.8) is 0 Å². The molecule has 5 heteroatoms. The molecule has 18 heavy (non-hydrogen) atoms. The fraction of sp³-hybridized carbons (Fsp3) is 0.385. The van der Waals surface area contributed by atoms with E-state index in [1.807, 2.05) is 19.9 Å². The van der Waals surface area contributed by atoms with Gasteiger partial charge >= 0.3 is 5.97 Å². The maximum Gasteiger partial charge on any atom is 0.326 e. The van der Waals surface area contributed by atoms with Crippen LogP contribution in [0.2, 0.25) is 0 Å². The van der Waals surface area contributed by atoms with Gasteiger partial charge in [-0.2, -0.15) is 0 Å². The monoisotopic (exact) mass is 361 g/mol. The SMILES string of the molecule is CC(C)C[C@H](NC(=O)c1cccc(I)c1)C(=O)O. The van der Waals surface area contributed by atoms with Gasteiger partial charge in [0.25, 0.3) is 5.91 Å². The van der Waals surface area contributed by atoms with Crippen LogP contribution in [-0.2, 0) is 4.79 Å². The molecule has 0 saturated heterocycles. The van der Waals surface area contributed by atoms with Crippen LogP contribution in [-0.4, -0.2) is 23.0 Å². The Morgan fingerprint density at radius 1 is 1.39 bits per heavy atom. The summed E-state index contributed by atoms with van der Waals surface area (Å²) in [5.41, 5.74) is 0.483. The number of hydrogen-bond donors (Lipinski definition) is 2. The molecule has 0 radical (unpaired) electrons. The van der Waals surface area contributed by atoms with Crippen LogP contribution in [0.3, 0.4) is 0 Å². The number of aliphatic carboxylic acids is 1. The summed E-state index contributed by atoms with van der Waals surface area (Å²) in [6.45, 7) is 3.85. The zero-order chi connectivity index (χ0) is 13.7.